The van der Waals surface area contributed by atoms with E-state index in [9.17, 15) is 14.4 Å². The minimum atomic E-state index is -0.338. The molecule has 6 heteroatoms. The van der Waals surface area contributed by atoms with Crippen LogP contribution in [0.1, 0.15) is 55.9 Å². The molecule has 1 unspecified atom stereocenters. The summed E-state index contributed by atoms with van der Waals surface area (Å²) in [4.78, 5) is 41.6. The second kappa shape index (κ2) is 8.12. The highest BCUT2D eigenvalue weighted by atomic mass is 16.5. The van der Waals surface area contributed by atoms with Crippen molar-refractivity contribution < 1.29 is 19.1 Å². The zero-order chi connectivity index (χ0) is 21.4. The predicted octanol–water partition coefficient (Wildman–Crippen LogP) is 3.39. The Morgan fingerprint density at radius 3 is 2.55 bits per heavy atom. The molecular formula is C25H24N2O4. The Morgan fingerprint density at radius 2 is 1.84 bits per heavy atom. The third-order valence-electron chi connectivity index (χ3n) is 6.27. The molecular weight excluding hydrogens is 392 g/mol. The van der Waals surface area contributed by atoms with Crippen LogP contribution in [0.4, 0.5) is 0 Å². The molecule has 2 aromatic rings. The molecule has 2 aromatic carbocycles. The molecule has 0 aromatic heterocycles. The highest BCUT2D eigenvalue weighted by molar-refractivity contribution is 6.22. The van der Waals surface area contributed by atoms with Crippen molar-refractivity contribution in [1.82, 2.24) is 9.80 Å². The van der Waals surface area contributed by atoms with E-state index < -0.39 is 0 Å². The van der Waals surface area contributed by atoms with Gasteiger partial charge >= 0.3 is 0 Å². The molecule has 1 fully saturated rings. The van der Waals surface area contributed by atoms with Crippen molar-refractivity contribution in [3.8, 4) is 0 Å². The fourth-order valence-electron chi connectivity index (χ4n) is 4.53. The lowest BCUT2D eigenvalue weighted by atomic mass is 9.98. The SMILES string of the molecule is O=C(c1ccc2c(c1)C(=O)N(CC1CCCO1)C2=O)N1CC=C(c2ccccc2)CC1. The van der Waals surface area contributed by atoms with E-state index in [-0.39, 0.29) is 30.4 Å². The van der Waals surface area contributed by atoms with Gasteiger partial charge in [-0.05, 0) is 48.6 Å². The zero-order valence-corrected chi connectivity index (χ0v) is 17.3. The number of benzene rings is 2. The van der Waals surface area contributed by atoms with Crippen molar-refractivity contribution in [1.29, 1.82) is 0 Å². The van der Waals surface area contributed by atoms with Gasteiger partial charge in [-0.1, -0.05) is 36.4 Å². The average Bonchev–Trinajstić information content (AvgIpc) is 3.42. The number of ether oxygens (including phenoxy) is 1. The zero-order valence-electron chi connectivity index (χ0n) is 17.3. The van der Waals surface area contributed by atoms with Crippen LogP contribution >= 0.6 is 0 Å². The van der Waals surface area contributed by atoms with Gasteiger partial charge in [0, 0.05) is 25.3 Å². The van der Waals surface area contributed by atoms with Gasteiger partial charge in [-0.2, -0.15) is 0 Å². The fourth-order valence-corrected chi connectivity index (χ4v) is 4.53. The van der Waals surface area contributed by atoms with Crippen LogP contribution in [0.3, 0.4) is 0 Å². The molecule has 5 rings (SSSR count). The van der Waals surface area contributed by atoms with Crippen molar-refractivity contribution in [3.63, 3.8) is 0 Å². The highest BCUT2D eigenvalue weighted by Crippen LogP contribution is 2.28. The summed E-state index contributed by atoms with van der Waals surface area (Å²) in [5, 5.41) is 0. The van der Waals surface area contributed by atoms with Crippen LogP contribution in [-0.2, 0) is 4.74 Å². The first kappa shape index (κ1) is 19.7. The number of hydrogen-bond acceptors (Lipinski definition) is 4. The van der Waals surface area contributed by atoms with Gasteiger partial charge in [0.2, 0.25) is 0 Å². The number of nitrogens with zero attached hydrogens (tertiary/aromatic N) is 2. The van der Waals surface area contributed by atoms with E-state index in [1.807, 2.05) is 18.2 Å². The van der Waals surface area contributed by atoms with E-state index in [1.54, 1.807) is 23.1 Å². The predicted molar refractivity (Wildman–Crippen MR) is 116 cm³/mol. The Balaban J connectivity index is 1.31. The van der Waals surface area contributed by atoms with E-state index >= 15 is 0 Å². The Bertz CT molecular complexity index is 1070. The molecule has 6 nitrogen and oxygen atoms in total. The standard InChI is InChI=1S/C25H24N2O4/c28-23(26-12-10-18(11-13-26)17-5-2-1-3-6-17)19-8-9-21-22(15-19)25(30)27(24(21)29)16-20-7-4-14-31-20/h1-3,5-6,8-10,15,20H,4,7,11-14,16H2. The molecule has 0 bridgehead atoms. The molecule has 3 aliphatic rings. The van der Waals surface area contributed by atoms with Crippen molar-refractivity contribution in [3.05, 3.63) is 76.9 Å². The molecule has 1 atom stereocenters. The molecule has 31 heavy (non-hydrogen) atoms. The van der Waals surface area contributed by atoms with Crippen LogP contribution in [0, 0.1) is 0 Å². The third kappa shape index (κ3) is 3.68. The van der Waals surface area contributed by atoms with Crippen LogP contribution in [0.2, 0.25) is 0 Å². The van der Waals surface area contributed by atoms with Gasteiger partial charge in [0.05, 0.1) is 23.8 Å². The molecule has 158 valence electrons. The first-order chi connectivity index (χ1) is 15.1. The summed E-state index contributed by atoms with van der Waals surface area (Å²) in [5.74, 6) is -0.762. The molecule has 3 aliphatic heterocycles. The van der Waals surface area contributed by atoms with E-state index in [2.05, 4.69) is 18.2 Å². The maximum atomic E-state index is 13.1. The average molecular weight is 416 g/mol. The molecule has 0 radical (unpaired) electrons. The molecule has 0 aliphatic carbocycles. The van der Waals surface area contributed by atoms with Gasteiger partial charge < -0.3 is 9.64 Å². The molecule has 3 heterocycles. The fraction of sp³-hybridized carbons (Fsp3) is 0.320. The van der Waals surface area contributed by atoms with Crippen molar-refractivity contribution in [2.75, 3.05) is 26.2 Å². The summed E-state index contributed by atoms with van der Waals surface area (Å²) >= 11 is 0. The van der Waals surface area contributed by atoms with Gasteiger partial charge in [-0.3, -0.25) is 19.3 Å². The van der Waals surface area contributed by atoms with Gasteiger partial charge in [-0.25, -0.2) is 0 Å². The summed E-state index contributed by atoms with van der Waals surface area (Å²) < 4.78 is 5.58. The van der Waals surface area contributed by atoms with Crippen molar-refractivity contribution in [2.45, 2.75) is 25.4 Å². The maximum Gasteiger partial charge on any atom is 0.261 e. The summed E-state index contributed by atoms with van der Waals surface area (Å²) in [6.07, 6.45) is 4.57. The summed E-state index contributed by atoms with van der Waals surface area (Å²) in [7, 11) is 0. The number of fused-ring (bicyclic) bond motifs is 1. The molecule has 0 spiro atoms. The molecule has 1 saturated heterocycles. The monoisotopic (exact) mass is 416 g/mol. The Hall–Kier alpha value is -3.25. The number of carbonyl (C=O) groups excluding carboxylic acids is 3. The Kier molecular flexibility index (Phi) is 5.16. The largest absolute Gasteiger partial charge is 0.376 e. The van der Waals surface area contributed by atoms with Crippen LogP contribution in [0.5, 0.6) is 0 Å². The number of amides is 3. The number of imide groups is 1. The number of rotatable bonds is 4. The summed E-state index contributed by atoms with van der Waals surface area (Å²) in [6.45, 7) is 2.09. The minimum absolute atomic E-state index is 0.0951. The smallest absolute Gasteiger partial charge is 0.261 e. The lowest BCUT2D eigenvalue weighted by Crippen LogP contribution is -2.36. The summed E-state index contributed by atoms with van der Waals surface area (Å²) in [5.41, 5.74) is 3.54. The maximum absolute atomic E-state index is 13.1. The lowest BCUT2D eigenvalue weighted by Gasteiger charge is -2.27. The first-order valence-electron chi connectivity index (χ1n) is 10.8. The highest BCUT2D eigenvalue weighted by Gasteiger charge is 2.38. The van der Waals surface area contributed by atoms with Crippen LogP contribution in [0.15, 0.2) is 54.6 Å². The molecule has 0 saturated carbocycles. The number of hydrogen-bond donors (Lipinski definition) is 0. The topological polar surface area (TPSA) is 66.9 Å². The van der Waals surface area contributed by atoms with Crippen LogP contribution < -0.4 is 0 Å². The quantitative estimate of drug-likeness (QED) is 0.717. The van der Waals surface area contributed by atoms with Gasteiger partial charge in [-0.15, -0.1) is 0 Å². The first-order valence-corrected chi connectivity index (χ1v) is 10.8. The van der Waals surface area contributed by atoms with E-state index in [0.29, 0.717) is 36.4 Å². The Labute approximate surface area is 181 Å². The van der Waals surface area contributed by atoms with Crippen molar-refractivity contribution in [2.24, 2.45) is 0 Å². The normalized spacial score (nSPS) is 20.8. The second-order valence-corrected chi connectivity index (χ2v) is 8.21. The van der Waals surface area contributed by atoms with E-state index in [0.717, 1.165) is 19.3 Å². The van der Waals surface area contributed by atoms with Gasteiger partial charge in [0.15, 0.2) is 0 Å². The minimum Gasteiger partial charge on any atom is -0.376 e. The van der Waals surface area contributed by atoms with Crippen molar-refractivity contribution >= 4 is 23.3 Å². The van der Waals surface area contributed by atoms with E-state index in [1.165, 1.54) is 16.0 Å². The molecule has 0 N–H and O–H groups in total. The van der Waals surface area contributed by atoms with Crippen LogP contribution in [0.25, 0.3) is 5.57 Å². The van der Waals surface area contributed by atoms with E-state index in [4.69, 9.17) is 4.74 Å². The van der Waals surface area contributed by atoms with Crippen LogP contribution in [-0.4, -0.2) is 59.9 Å². The number of carbonyl (C=O) groups is 3. The van der Waals surface area contributed by atoms with Gasteiger partial charge in [0.25, 0.3) is 17.7 Å². The lowest BCUT2D eigenvalue weighted by molar-refractivity contribution is 0.0475. The van der Waals surface area contributed by atoms with Gasteiger partial charge in [0.1, 0.15) is 0 Å². The second-order valence-electron chi connectivity index (χ2n) is 8.21. The third-order valence-corrected chi connectivity index (χ3v) is 6.27. The Morgan fingerprint density at radius 1 is 1.03 bits per heavy atom. The molecule has 3 amide bonds. The summed E-state index contributed by atoms with van der Waals surface area (Å²) in [6, 6.07) is 15.0.